The first-order valence-electron chi connectivity index (χ1n) is 10.1. The highest BCUT2D eigenvalue weighted by atomic mass is 127. The van der Waals surface area contributed by atoms with Gasteiger partial charge in [0.05, 0.1) is 18.3 Å². The fourth-order valence-electron chi connectivity index (χ4n) is 3.44. The number of aromatic nitrogens is 3. The molecule has 1 fully saturated rings. The summed E-state index contributed by atoms with van der Waals surface area (Å²) in [7, 11) is 0. The molecule has 1 aliphatic rings. The van der Waals surface area contributed by atoms with E-state index in [0.717, 1.165) is 23.5 Å². The van der Waals surface area contributed by atoms with Crippen LogP contribution in [0.1, 0.15) is 18.9 Å². The number of benzene rings is 2. The number of guanidine groups is 1. The molecule has 1 atom stereocenters. The average Bonchev–Trinajstić information content (AvgIpc) is 3.43. The zero-order valence-electron chi connectivity index (χ0n) is 17.3. The number of carbonyl (C=O) groups is 1. The fourth-order valence-corrected chi connectivity index (χ4v) is 3.44. The zero-order chi connectivity index (χ0) is 20.8. The van der Waals surface area contributed by atoms with Crippen molar-refractivity contribution in [3.63, 3.8) is 0 Å². The number of aliphatic imine (C=N–C) groups is 1. The predicted octanol–water partition coefficient (Wildman–Crippen LogP) is 2.75. The lowest BCUT2D eigenvalue weighted by Gasteiger charge is -2.19. The second-order valence-electron chi connectivity index (χ2n) is 7.09. The smallest absolute Gasteiger partial charge is 0.229 e. The molecule has 1 saturated heterocycles. The van der Waals surface area contributed by atoms with E-state index < -0.39 is 0 Å². The molecule has 0 bridgehead atoms. The molecule has 0 saturated carbocycles. The number of para-hydroxylation sites is 1. The van der Waals surface area contributed by atoms with E-state index in [1.165, 1.54) is 6.33 Å². The summed E-state index contributed by atoms with van der Waals surface area (Å²) in [6.07, 6.45) is 3.63. The highest BCUT2D eigenvalue weighted by Gasteiger charge is 2.31. The van der Waals surface area contributed by atoms with Crippen LogP contribution in [0.4, 0.5) is 5.69 Å². The topological polar surface area (TPSA) is 87.4 Å². The normalized spacial score (nSPS) is 16.2. The number of nitrogens with one attached hydrogen (secondary N) is 2. The molecule has 31 heavy (non-hydrogen) atoms. The molecule has 3 aromatic rings. The summed E-state index contributed by atoms with van der Waals surface area (Å²) < 4.78 is 1.72. The van der Waals surface area contributed by atoms with Crippen LogP contribution in [0, 0.1) is 0 Å². The minimum Gasteiger partial charge on any atom is -0.357 e. The van der Waals surface area contributed by atoms with Gasteiger partial charge in [0.1, 0.15) is 12.7 Å². The molecule has 0 spiro atoms. The fraction of sp³-hybridized carbons (Fsp3) is 0.273. The molecule has 1 amide bonds. The summed E-state index contributed by atoms with van der Waals surface area (Å²) in [6, 6.07) is 17.8. The maximum Gasteiger partial charge on any atom is 0.229 e. The molecule has 1 aliphatic heterocycles. The van der Waals surface area contributed by atoms with Gasteiger partial charge >= 0.3 is 0 Å². The first-order valence-corrected chi connectivity index (χ1v) is 10.1. The molecule has 2 heterocycles. The Labute approximate surface area is 198 Å². The average molecular weight is 531 g/mol. The van der Waals surface area contributed by atoms with E-state index in [-0.39, 0.29) is 35.9 Å². The van der Waals surface area contributed by atoms with Gasteiger partial charge in [0.15, 0.2) is 5.96 Å². The highest BCUT2D eigenvalue weighted by Crippen LogP contribution is 2.21. The number of anilines is 1. The van der Waals surface area contributed by atoms with E-state index in [1.54, 1.807) is 11.0 Å². The summed E-state index contributed by atoms with van der Waals surface area (Å²) in [5.74, 6) is 0.837. The molecule has 9 heteroatoms. The third kappa shape index (κ3) is 5.81. The third-order valence-electron chi connectivity index (χ3n) is 4.92. The molecule has 0 radical (unpaired) electrons. The van der Waals surface area contributed by atoms with Gasteiger partial charge in [-0.15, -0.1) is 24.0 Å². The Bertz CT molecular complexity index is 990. The third-order valence-corrected chi connectivity index (χ3v) is 4.92. The maximum absolute atomic E-state index is 12.4. The quantitative estimate of drug-likeness (QED) is 0.290. The van der Waals surface area contributed by atoms with Crippen LogP contribution in [0.2, 0.25) is 0 Å². The van der Waals surface area contributed by atoms with Gasteiger partial charge in [-0.3, -0.25) is 4.79 Å². The minimum atomic E-state index is 0. The number of halogens is 1. The predicted molar refractivity (Wildman–Crippen MR) is 132 cm³/mol. The molecule has 8 nitrogen and oxygen atoms in total. The summed E-state index contributed by atoms with van der Waals surface area (Å²) in [4.78, 5) is 22.9. The van der Waals surface area contributed by atoms with Gasteiger partial charge in [-0.2, -0.15) is 5.10 Å². The molecule has 0 aliphatic carbocycles. The van der Waals surface area contributed by atoms with Gasteiger partial charge in [0.2, 0.25) is 5.91 Å². The molecule has 162 valence electrons. The van der Waals surface area contributed by atoms with E-state index >= 15 is 0 Å². The molecular weight excluding hydrogens is 505 g/mol. The summed E-state index contributed by atoms with van der Waals surface area (Å²) in [6.45, 7) is 3.94. The van der Waals surface area contributed by atoms with Gasteiger partial charge in [-0.1, -0.05) is 30.3 Å². The van der Waals surface area contributed by atoms with Crippen molar-refractivity contribution >= 4 is 41.5 Å². The Balaban J connectivity index is 0.00000272. The Morgan fingerprint density at radius 3 is 2.58 bits per heavy atom. The van der Waals surface area contributed by atoms with E-state index in [9.17, 15) is 4.79 Å². The second kappa shape index (κ2) is 10.9. The van der Waals surface area contributed by atoms with Gasteiger partial charge in [0, 0.05) is 25.2 Å². The first-order chi connectivity index (χ1) is 14.7. The van der Waals surface area contributed by atoms with Gasteiger partial charge < -0.3 is 15.5 Å². The van der Waals surface area contributed by atoms with E-state index in [0.29, 0.717) is 25.5 Å². The van der Waals surface area contributed by atoms with Crippen molar-refractivity contribution in [2.75, 3.05) is 18.0 Å². The number of hydrogen-bond acceptors (Lipinski definition) is 4. The Kier molecular flexibility index (Phi) is 7.99. The standard InChI is InChI=1S/C22H25N7O.HI/c1-2-24-22(25-13-17-8-10-20(11-9-17)29-16-23-15-26-29)27-18-12-21(30)28(14-18)19-6-4-3-5-7-19;/h3-11,15-16,18H,2,12-14H2,1H3,(H2,24,25,27);1H. The van der Waals surface area contributed by atoms with Crippen molar-refractivity contribution in [2.24, 2.45) is 4.99 Å². The van der Waals surface area contributed by atoms with E-state index in [4.69, 9.17) is 4.99 Å². The molecule has 2 N–H and O–H groups in total. The van der Waals surface area contributed by atoms with E-state index in [1.807, 2.05) is 66.4 Å². The Morgan fingerprint density at radius 1 is 1.13 bits per heavy atom. The Hall–Kier alpha value is -2.95. The first kappa shape index (κ1) is 22.7. The molecular formula is C22H26IN7O. The van der Waals surface area contributed by atoms with Crippen LogP contribution in [-0.2, 0) is 11.3 Å². The largest absolute Gasteiger partial charge is 0.357 e. The van der Waals surface area contributed by atoms with Crippen LogP contribution in [0.3, 0.4) is 0 Å². The number of nitrogens with zero attached hydrogens (tertiary/aromatic N) is 5. The van der Waals surface area contributed by atoms with Crippen LogP contribution in [0.25, 0.3) is 5.69 Å². The van der Waals surface area contributed by atoms with Crippen LogP contribution >= 0.6 is 24.0 Å². The minimum absolute atomic E-state index is 0. The van der Waals surface area contributed by atoms with Crippen LogP contribution in [-0.4, -0.2) is 45.8 Å². The van der Waals surface area contributed by atoms with Gasteiger partial charge in [-0.05, 0) is 36.8 Å². The second-order valence-corrected chi connectivity index (χ2v) is 7.09. The van der Waals surface area contributed by atoms with Crippen LogP contribution in [0.15, 0.2) is 72.2 Å². The maximum atomic E-state index is 12.4. The van der Waals surface area contributed by atoms with E-state index in [2.05, 4.69) is 20.7 Å². The zero-order valence-corrected chi connectivity index (χ0v) is 19.6. The molecule has 1 aromatic heterocycles. The van der Waals surface area contributed by atoms with Crippen molar-refractivity contribution in [1.29, 1.82) is 0 Å². The lowest BCUT2D eigenvalue weighted by molar-refractivity contribution is -0.117. The van der Waals surface area contributed by atoms with Crippen LogP contribution < -0.4 is 15.5 Å². The number of rotatable bonds is 6. The summed E-state index contributed by atoms with van der Waals surface area (Å²) in [5.41, 5.74) is 2.97. The SMILES string of the molecule is CCNC(=NCc1ccc(-n2cncn2)cc1)NC1CC(=O)N(c2ccccc2)C1.I. The van der Waals surface area contributed by atoms with Crippen molar-refractivity contribution in [1.82, 2.24) is 25.4 Å². The number of hydrogen-bond donors (Lipinski definition) is 2. The monoisotopic (exact) mass is 531 g/mol. The Morgan fingerprint density at radius 2 is 1.90 bits per heavy atom. The molecule has 2 aromatic carbocycles. The molecule has 4 rings (SSSR count). The van der Waals surface area contributed by atoms with Crippen molar-refractivity contribution in [3.05, 3.63) is 72.8 Å². The molecule has 1 unspecified atom stereocenters. The van der Waals surface area contributed by atoms with Crippen molar-refractivity contribution in [3.8, 4) is 5.69 Å². The van der Waals surface area contributed by atoms with Crippen LogP contribution in [0.5, 0.6) is 0 Å². The lowest BCUT2D eigenvalue weighted by atomic mass is 10.2. The summed E-state index contributed by atoms with van der Waals surface area (Å²) in [5, 5.41) is 10.8. The highest BCUT2D eigenvalue weighted by molar-refractivity contribution is 14.0. The number of carbonyl (C=O) groups excluding carboxylic acids is 1. The lowest BCUT2D eigenvalue weighted by Crippen LogP contribution is -2.44. The van der Waals surface area contributed by atoms with Gasteiger partial charge in [-0.25, -0.2) is 14.7 Å². The van der Waals surface area contributed by atoms with Crippen molar-refractivity contribution < 1.29 is 4.79 Å². The van der Waals surface area contributed by atoms with Crippen molar-refractivity contribution in [2.45, 2.75) is 25.9 Å². The number of amides is 1. The summed E-state index contributed by atoms with van der Waals surface area (Å²) >= 11 is 0. The van der Waals surface area contributed by atoms with Gasteiger partial charge in [0.25, 0.3) is 0 Å².